The predicted octanol–water partition coefficient (Wildman–Crippen LogP) is 4.01. The first kappa shape index (κ1) is 22.5. The molecule has 6 nitrogen and oxygen atoms in total. The molecule has 3 aromatic rings. The van der Waals surface area contributed by atoms with Crippen molar-refractivity contribution in [3.05, 3.63) is 84.2 Å². The van der Waals surface area contributed by atoms with Crippen LogP contribution >= 0.6 is 0 Å². The van der Waals surface area contributed by atoms with Gasteiger partial charge in [0.2, 0.25) is 5.91 Å². The number of phenols is 1. The molecule has 4 rings (SSSR count). The van der Waals surface area contributed by atoms with E-state index in [0.29, 0.717) is 38.2 Å². The van der Waals surface area contributed by atoms with Crippen molar-refractivity contribution in [2.24, 2.45) is 5.92 Å². The second-order valence-electron chi connectivity index (χ2n) is 8.42. The van der Waals surface area contributed by atoms with Crippen LogP contribution in [-0.2, 0) is 11.2 Å². The molecule has 2 heterocycles. The number of carbonyl (C=O) groups excluding carboxylic acids is 2. The molecule has 1 fully saturated rings. The zero-order chi connectivity index (χ0) is 23.2. The van der Waals surface area contributed by atoms with Gasteiger partial charge in [-0.25, -0.2) is 0 Å². The summed E-state index contributed by atoms with van der Waals surface area (Å²) in [5, 5.41) is 9.57. The highest BCUT2D eigenvalue weighted by Crippen LogP contribution is 2.27. The third-order valence-electron chi connectivity index (χ3n) is 6.09. The molecule has 2 aromatic carbocycles. The Morgan fingerprint density at radius 2 is 1.85 bits per heavy atom. The van der Waals surface area contributed by atoms with Crippen LogP contribution in [0.15, 0.2) is 73.1 Å². The van der Waals surface area contributed by atoms with Gasteiger partial charge in [-0.05, 0) is 54.3 Å². The zero-order valence-corrected chi connectivity index (χ0v) is 18.9. The van der Waals surface area contributed by atoms with Crippen molar-refractivity contribution < 1.29 is 14.7 Å². The summed E-state index contributed by atoms with van der Waals surface area (Å²) in [7, 11) is 0. The van der Waals surface area contributed by atoms with Gasteiger partial charge in [0.15, 0.2) is 0 Å². The summed E-state index contributed by atoms with van der Waals surface area (Å²) < 4.78 is 0. The molecule has 0 radical (unpaired) electrons. The fourth-order valence-corrected chi connectivity index (χ4v) is 4.43. The lowest BCUT2D eigenvalue weighted by molar-refractivity contribution is -0.134. The van der Waals surface area contributed by atoms with Crippen molar-refractivity contribution in [2.45, 2.75) is 19.8 Å². The molecule has 1 aliphatic rings. The van der Waals surface area contributed by atoms with E-state index in [1.807, 2.05) is 35.4 Å². The minimum Gasteiger partial charge on any atom is -0.508 e. The second-order valence-corrected chi connectivity index (χ2v) is 8.42. The van der Waals surface area contributed by atoms with Crippen LogP contribution in [0.1, 0.15) is 29.3 Å². The SMILES string of the molecule is CCCN1CCN(C(=O)c2ccc(O)cc2)C[C@H](Cc2ccccc2-c2cccnc2)C1=O. The van der Waals surface area contributed by atoms with E-state index in [-0.39, 0.29) is 23.5 Å². The van der Waals surface area contributed by atoms with Gasteiger partial charge in [-0.2, -0.15) is 0 Å². The average Bonchev–Trinajstić information content (AvgIpc) is 2.99. The number of aromatic nitrogens is 1. The molecule has 1 N–H and O–H groups in total. The molecule has 170 valence electrons. The lowest BCUT2D eigenvalue weighted by atomic mass is 9.91. The summed E-state index contributed by atoms with van der Waals surface area (Å²) in [5.74, 6) is -0.236. The largest absolute Gasteiger partial charge is 0.508 e. The summed E-state index contributed by atoms with van der Waals surface area (Å²) in [6, 6.07) is 18.3. The maximum absolute atomic E-state index is 13.5. The van der Waals surface area contributed by atoms with Crippen LogP contribution in [0.3, 0.4) is 0 Å². The van der Waals surface area contributed by atoms with E-state index < -0.39 is 0 Å². The van der Waals surface area contributed by atoms with Crippen LogP contribution < -0.4 is 0 Å². The van der Waals surface area contributed by atoms with Gasteiger partial charge in [0.25, 0.3) is 5.91 Å². The number of hydrogen-bond acceptors (Lipinski definition) is 4. The van der Waals surface area contributed by atoms with Crippen molar-refractivity contribution in [2.75, 3.05) is 26.2 Å². The highest BCUT2D eigenvalue weighted by molar-refractivity contribution is 5.95. The van der Waals surface area contributed by atoms with Gasteiger partial charge in [0.1, 0.15) is 5.75 Å². The molecule has 0 unspecified atom stereocenters. The number of hydrogen-bond donors (Lipinski definition) is 1. The average molecular weight is 444 g/mol. The Hall–Kier alpha value is -3.67. The standard InChI is InChI=1S/C27H29N3O3/c1-2-14-29-15-16-30(26(32)20-9-11-24(31)12-10-20)19-23(27(29)33)17-21-6-3-4-8-25(21)22-7-5-13-28-18-22/h3-13,18,23,31H,2,14-17,19H2,1H3/t23-/m0/s1. The van der Waals surface area contributed by atoms with Crippen LogP contribution in [-0.4, -0.2) is 57.9 Å². The Morgan fingerprint density at radius 3 is 2.58 bits per heavy atom. The Bertz CT molecular complexity index is 1100. The highest BCUT2D eigenvalue weighted by Gasteiger charge is 2.32. The first-order valence-corrected chi connectivity index (χ1v) is 11.4. The maximum atomic E-state index is 13.5. The van der Waals surface area contributed by atoms with E-state index in [2.05, 4.69) is 24.0 Å². The first-order valence-electron chi connectivity index (χ1n) is 11.4. The number of phenolic OH excluding ortho intramolecular Hbond substituents is 1. The van der Waals surface area contributed by atoms with Crippen LogP contribution in [0.2, 0.25) is 0 Å². The molecule has 0 spiro atoms. The van der Waals surface area contributed by atoms with E-state index in [0.717, 1.165) is 23.1 Å². The number of aromatic hydroxyl groups is 1. The lowest BCUT2D eigenvalue weighted by Gasteiger charge is -2.25. The molecular weight excluding hydrogens is 414 g/mol. The fraction of sp³-hybridized carbons (Fsp3) is 0.296. The second kappa shape index (κ2) is 10.3. The predicted molar refractivity (Wildman–Crippen MR) is 128 cm³/mol. The van der Waals surface area contributed by atoms with E-state index in [1.54, 1.807) is 23.2 Å². The van der Waals surface area contributed by atoms with Crippen molar-refractivity contribution in [3.8, 4) is 16.9 Å². The number of carbonyl (C=O) groups is 2. The molecule has 0 aliphatic carbocycles. The summed E-state index contributed by atoms with van der Waals surface area (Å²) in [4.78, 5) is 34.6. The highest BCUT2D eigenvalue weighted by atomic mass is 16.3. The number of rotatable bonds is 6. The minimum atomic E-state index is -0.335. The van der Waals surface area contributed by atoms with E-state index in [4.69, 9.17) is 0 Å². The van der Waals surface area contributed by atoms with E-state index >= 15 is 0 Å². The van der Waals surface area contributed by atoms with Gasteiger partial charge in [-0.15, -0.1) is 0 Å². The molecule has 0 saturated carbocycles. The third-order valence-corrected chi connectivity index (χ3v) is 6.09. The zero-order valence-electron chi connectivity index (χ0n) is 18.9. The quantitative estimate of drug-likeness (QED) is 0.625. The molecule has 6 heteroatoms. The maximum Gasteiger partial charge on any atom is 0.253 e. The third kappa shape index (κ3) is 5.22. The van der Waals surface area contributed by atoms with Crippen LogP contribution in [0.5, 0.6) is 5.75 Å². The van der Waals surface area contributed by atoms with Crippen LogP contribution in [0, 0.1) is 5.92 Å². The Kier molecular flexibility index (Phi) is 7.03. The normalized spacial score (nSPS) is 16.5. The molecule has 1 atom stereocenters. The van der Waals surface area contributed by atoms with E-state index in [1.165, 1.54) is 12.1 Å². The molecule has 1 saturated heterocycles. The van der Waals surface area contributed by atoms with Gasteiger partial charge in [0.05, 0.1) is 5.92 Å². The summed E-state index contributed by atoms with van der Waals surface area (Å²) in [6.45, 7) is 4.12. The van der Waals surface area contributed by atoms with Gasteiger partial charge in [0, 0.05) is 49.7 Å². The van der Waals surface area contributed by atoms with Gasteiger partial charge < -0.3 is 14.9 Å². The molecule has 1 aliphatic heterocycles. The summed E-state index contributed by atoms with van der Waals surface area (Å²) in [6.07, 6.45) is 4.99. The lowest BCUT2D eigenvalue weighted by Crippen LogP contribution is -2.38. The molecule has 1 aromatic heterocycles. The smallest absolute Gasteiger partial charge is 0.253 e. The molecule has 2 amide bonds. The number of amides is 2. The van der Waals surface area contributed by atoms with Crippen LogP contribution in [0.4, 0.5) is 0 Å². The number of pyridine rings is 1. The summed E-state index contributed by atoms with van der Waals surface area (Å²) >= 11 is 0. The minimum absolute atomic E-state index is 0.0962. The number of benzene rings is 2. The van der Waals surface area contributed by atoms with Crippen molar-refractivity contribution in [3.63, 3.8) is 0 Å². The number of nitrogens with zero attached hydrogens (tertiary/aromatic N) is 3. The topological polar surface area (TPSA) is 73.7 Å². The van der Waals surface area contributed by atoms with Gasteiger partial charge >= 0.3 is 0 Å². The van der Waals surface area contributed by atoms with Crippen molar-refractivity contribution >= 4 is 11.8 Å². The molecule has 33 heavy (non-hydrogen) atoms. The fourth-order valence-electron chi connectivity index (χ4n) is 4.43. The Balaban J connectivity index is 1.63. The van der Waals surface area contributed by atoms with Crippen LogP contribution in [0.25, 0.3) is 11.1 Å². The van der Waals surface area contributed by atoms with Crippen molar-refractivity contribution in [1.29, 1.82) is 0 Å². The first-order chi connectivity index (χ1) is 16.1. The Labute approximate surface area is 194 Å². The Morgan fingerprint density at radius 1 is 1.06 bits per heavy atom. The van der Waals surface area contributed by atoms with E-state index in [9.17, 15) is 14.7 Å². The molecule has 0 bridgehead atoms. The molecular formula is C27H29N3O3. The monoisotopic (exact) mass is 443 g/mol. The summed E-state index contributed by atoms with van der Waals surface area (Å²) in [5.41, 5.74) is 3.65. The van der Waals surface area contributed by atoms with Gasteiger partial charge in [-0.3, -0.25) is 14.6 Å². The van der Waals surface area contributed by atoms with Crippen molar-refractivity contribution in [1.82, 2.24) is 14.8 Å². The van der Waals surface area contributed by atoms with Gasteiger partial charge in [-0.1, -0.05) is 37.3 Å².